The van der Waals surface area contributed by atoms with Crippen LogP contribution in [-0.4, -0.2) is 47.9 Å². The van der Waals surface area contributed by atoms with Crippen LogP contribution in [0.4, 0.5) is 0 Å². The number of H-pyrrole nitrogens is 1. The highest BCUT2D eigenvalue weighted by molar-refractivity contribution is 5.20. The van der Waals surface area contributed by atoms with E-state index in [-0.39, 0.29) is 0 Å². The van der Waals surface area contributed by atoms with Gasteiger partial charge in [-0.05, 0) is 12.5 Å². The van der Waals surface area contributed by atoms with E-state index in [1.165, 1.54) is 11.1 Å². The highest BCUT2D eigenvalue weighted by atomic mass is 16.5. The van der Waals surface area contributed by atoms with Gasteiger partial charge >= 0.3 is 0 Å². The van der Waals surface area contributed by atoms with Gasteiger partial charge in [0.1, 0.15) is 0 Å². The van der Waals surface area contributed by atoms with Crippen LogP contribution in [0.2, 0.25) is 0 Å². The maximum atomic E-state index is 5.49. The Morgan fingerprint density at radius 3 is 2.73 bits per heavy atom. The molecule has 3 rings (SSSR count). The fraction of sp³-hybridized carbons (Fsp3) is 0.471. The van der Waals surface area contributed by atoms with Crippen molar-refractivity contribution in [1.82, 2.24) is 20.4 Å². The second-order valence-corrected chi connectivity index (χ2v) is 5.73. The average Bonchev–Trinajstić information content (AvgIpc) is 2.98. The van der Waals surface area contributed by atoms with Crippen LogP contribution in [0, 0.1) is 6.92 Å². The molecule has 22 heavy (non-hydrogen) atoms. The number of hydrogen-bond acceptors (Lipinski definition) is 4. The zero-order chi connectivity index (χ0) is 15.2. The summed E-state index contributed by atoms with van der Waals surface area (Å²) in [5.41, 5.74) is 3.73. The molecule has 1 fully saturated rings. The average molecular weight is 300 g/mol. The van der Waals surface area contributed by atoms with Crippen LogP contribution in [0.5, 0.6) is 0 Å². The molecule has 1 saturated heterocycles. The van der Waals surface area contributed by atoms with Gasteiger partial charge in [0.25, 0.3) is 0 Å². The first-order valence-corrected chi connectivity index (χ1v) is 7.91. The van der Waals surface area contributed by atoms with Crippen molar-refractivity contribution in [3.8, 4) is 0 Å². The first-order valence-electron chi connectivity index (χ1n) is 7.91. The van der Waals surface area contributed by atoms with Crippen LogP contribution in [0.15, 0.2) is 36.5 Å². The van der Waals surface area contributed by atoms with E-state index in [2.05, 4.69) is 57.7 Å². The van der Waals surface area contributed by atoms with E-state index in [0.717, 1.165) is 45.1 Å². The van der Waals surface area contributed by atoms with Crippen LogP contribution in [0.3, 0.4) is 0 Å². The van der Waals surface area contributed by atoms with E-state index in [0.29, 0.717) is 6.04 Å². The van der Waals surface area contributed by atoms with E-state index in [1.54, 1.807) is 0 Å². The predicted molar refractivity (Wildman–Crippen MR) is 86.6 cm³/mol. The van der Waals surface area contributed by atoms with Crippen molar-refractivity contribution in [2.75, 3.05) is 32.8 Å². The number of benzene rings is 1. The van der Waals surface area contributed by atoms with Crippen LogP contribution in [0.1, 0.15) is 22.9 Å². The smallest absolute Gasteiger partial charge is 0.0594 e. The number of nitrogens with one attached hydrogen (secondary N) is 2. The van der Waals surface area contributed by atoms with E-state index < -0.39 is 0 Å². The molecule has 2 aromatic rings. The van der Waals surface area contributed by atoms with E-state index in [9.17, 15) is 0 Å². The van der Waals surface area contributed by atoms with Crippen LogP contribution >= 0.6 is 0 Å². The molecular weight excluding hydrogens is 276 g/mol. The number of aromatic amines is 1. The highest BCUT2D eigenvalue weighted by Crippen LogP contribution is 2.21. The minimum atomic E-state index is 0.386. The van der Waals surface area contributed by atoms with Gasteiger partial charge in [0, 0.05) is 43.5 Å². The summed E-state index contributed by atoms with van der Waals surface area (Å²) in [6, 6.07) is 11.1. The third-order valence-electron chi connectivity index (χ3n) is 4.26. The van der Waals surface area contributed by atoms with Gasteiger partial charge in [-0.2, -0.15) is 5.10 Å². The maximum Gasteiger partial charge on any atom is 0.0594 e. The van der Waals surface area contributed by atoms with Crippen molar-refractivity contribution in [1.29, 1.82) is 0 Å². The third-order valence-corrected chi connectivity index (χ3v) is 4.26. The lowest BCUT2D eigenvalue weighted by Crippen LogP contribution is -2.42. The Hall–Kier alpha value is -1.69. The second kappa shape index (κ2) is 7.54. The molecule has 0 aliphatic carbocycles. The molecule has 5 heteroatoms. The monoisotopic (exact) mass is 300 g/mol. The van der Waals surface area contributed by atoms with Gasteiger partial charge < -0.3 is 10.1 Å². The van der Waals surface area contributed by atoms with Crippen molar-refractivity contribution in [3.05, 3.63) is 53.3 Å². The Labute approximate surface area is 131 Å². The number of aromatic nitrogens is 2. The Morgan fingerprint density at radius 1 is 1.27 bits per heavy atom. The van der Waals surface area contributed by atoms with E-state index in [1.807, 2.05) is 6.20 Å². The van der Waals surface area contributed by atoms with Crippen molar-refractivity contribution < 1.29 is 4.74 Å². The molecule has 0 saturated carbocycles. The molecule has 0 amide bonds. The fourth-order valence-corrected chi connectivity index (χ4v) is 2.92. The number of hydrogen-bond donors (Lipinski definition) is 2. The first kappa shape index (κ1) is 15.2. The van der Waals surface area contributed by atoms with Crippen molar-refractivity contribution in [2.24, 2.45) is 0 Å². The summed E-state index contributed by atoms with van der Waals surface area (Å²) in [5, 5.41) is 10.6. The van der Waals surface area contributed by atoms with Crippen LogP contribution in [-0.2, 0) is 11.3 Å². The summed E-state index contributed by atoms with van der Waals surface area (Å²) >= 11 is 0. The Morgan fingerprint density at radius 2 is 2.05 bits per heavy atom. The van der Waals surface area contributed by atoms with Crippen LogP contribution in [0.25, 0.3) is 0 Å². The van der Waals surface area contributed by atoms with Crippen molar-refractivity contribution in [2.45, 2.75) is 19.5 Å². The summed E-state index contributed by atoms with van der Waals surface area (Å²) in [6.07, 6.45) is 1.90. The normalized spacial score (nSPS) is 17.5. The van der Waals surface area contributed by atoms with Gasteiger partial charge in [-0.1, -0.05) is 30.3 Å². The summed E-state index contributed by atoms with van der Waals surface area (Å²) in [5.74, 6) is 0. The van der Waals surface area contributed by atoms with Gasteiger partial charge in [-0.3, -0.25) is 10.00 Å². The summed E-state index contributed by atoms with van der Waals surface area (Å²) < 4.78 is 5.49. The van der Waals surface area contributed by atoms with Gasteiger partial charge in [0.15, 0.2) is 0 Å². The molecule has 1 atom stereocenters. The van der Waals surface area contributed by atoms with Gasteiger partial charge in [0.05, 0.1) is 19.4 Å². The Bertz CT molecular complexity index is 563. The topological polar surface area (TPSA) is 53.2 Å². The molecule has 2 heterocycles. The minimum Gasteiger partial charge on any atom is -0.379 e. The molecule has 5 nitrogen and oxygen atoms in total. The quantitative estimate of drug-likeness (QED) is 0.855. The number of ether oxygens (including phenoxy) is 1. The zero-order valence-electron chi connectivity index (χ0n) is 13.1. The Kier molecular flexibility index (Phi) is 5.21. The number of aryl methyl sites for hydroxylation is 1. The lowest BCUT2D eigenvalue weighted by atomic mass is 10.0. The molecular formula is C17H24N4O. The first-order chi connectivity index (χ1) is 10.8. The molecule has 1 aromatic carbocycles. The summed E-state index contributed by atoms with van der Waals surface area (Å²) in [4.78, 5) is 2.51. The molecule has 118 valence electrons. The minimum absolute atomic E-state index is 0.386. The molecule has 1 unspecified atom stereocenters. The molecule has 0 radical (unpaired) electrons. The van der Waals surface area contributed by atoms with Crippen molar-refractivity contribution in [3.63, 3.8) is 0 Å². The van der Waals surface area contributed by atoms with Crippen molar-refractivity contribution >= 4 is 0 Å². The van der Waals surface area contributed by atoms with Gasteiger partial charge in [0.2, 0.25) is 0 Å². The molecule has 0 spiro atoms. The maximum absolute atomic E-state index is 5.49. The molecule has 1 aliphatic rings. The number of morpholine rings is 1. The predicted octanol–water partition coefficient (Wildman–Crippen LogP) is 1.88. The fourth-order valence-electron chi connectivity index (χ4n) is 2.92. The SMILES string of the molecule is Cc1[nH]ncc1CNCC(c1ccccc1)N1CCOCC1. The molecule has 0 bridgehead atoms. The third kappa shape index (κ3) is 3.74. The standard InChI is InChI=1S/C17H24N4O/c1-14-16(12-19-20-14)11-18-13-17(15-5-3-2-4-6-15)21-7-9-22-10-8-21/h2-6,12,17-18H,7-11,13H2,1H3,(H,19,20). The Balaban J connectivity index is 1.64. The lowest BCUT2D eigenvalue weighted by molar-refractivity contribution is 0.0161. The van der Waals surface area contributed by atoms with Crippen LogP contribution < -0.4 is 5.32 Å². The van der Waals surface area contributed by atoms with Gasteiger partial charge in [-0.25, -0.2) is 0 Å². The molecule has 2 N–H and O–H groups in total. The number of nitrogens with zero attached hydrogens (tertiary/aromatic N) is 2. The van der Waals surface area contributed by atoms with E-state index >= 15 is 0 Å². The summed E-state index contributed by atoms with van der Waals surface area (Å²) in [6.45, 7) is 7.46. The highest BCUT2D eigenvalue weighted by Gasteiger charge is 2.22. The molecule has 1 aliphatic heterocycles. The molecule has 1 aromatic heterocycles. The van der Waals surface area contributed by atoms with Gasteiger partial charge in [-0.15, -0.1) is 0 Å². The number of rotatable bonds is 6. The zero-order valence-corrected chi connectivity index (χ0v) is 13.1. The largest absolute Gasteiger partial charge is 0.379 e. The lowest BCUT2D eigenvalue weighted by Gasteiger charge is -2.35. The second-order valence-electron chi connectivity index (χ2n) is 5.73. The van der Waals surface area contributed by atoms with E-state index in [4.69, 9.17) is 4.74 Å². The summed E-state index contributed by atoms with van der Waals surface area (Å²) in [7, 11) is 0.